The van der Waals surface area contributed by atoms with Crippen LogP contribution in [0.1, 0.15) is 37.8 Å². The molecule has 1 saturated carbocycles. The van der Waals surface area contributed by atoms with Crippen molar-refractivity contribution in [1.82, 2.24) is 14.9 Å². The second kappa shape index (κ2) is 9.34. The lowest BCUT2D eigenvalue weighted by molar-refractivity contribution is -0.141. The highest BCUT2D eigenvalue weighted by atomic mass is 16.2. The predicted molar refractivity (Wildman–Crippen MR) is 120 cm³/mol. The van der Waals surface area contributed by atoms with Gasteiger partial charge >= 0.3 is 0 Å². The van der Waals surface area contributed by atoms with Gasteiger partial charge in [0.05, 0.1) is 29.0 Å². The van der Waals surface area contributed by atoms with E-state index in [1.165, 1.54) is 6.20 Å². The molecule has 1 amide bonds. The molecule has 0 atom stereocenters. The van der Waals surface area contributed by atoms with Crippen molar-refractivity contribution < 1.29 is 4.79 Å². The van der Waals surface area contributed by atoms with Gasteiger partial charge < -0.3 is 16.4 Å². The third kappa shape index (κ3) is 4.51. The zero-order valence-electron chi connectivity index (χ0n) is 17.3. The Bertz CT molecular complexity index is 942. The van der Waals surface area contributed by atoms with Crippen molar-refractivity contribution in [3.63, 3.8) is 0 Å². The summed E-state index contributed by atoms with van der Waals surface area (Å²) in [6.45, 7) is 2.27. The van der Waals surface area contributed by atoms with Crippen molar-refractivity contribution in [1.29, 1.82) is 0 Å². The fourth-order valence-electron chi connectivity index (χ4n) is 4.38. The van der Waals surface area contributed by atoms with Gasteiger partial charge in [-0.3, -0.25) is 14.8 Å². The Morgan fingerprint density at radius 1 is 1.20 bits per heavy atom. The average Bonchev–Trinajstić information content (AvgIpc) is 2.76. The molecule has 7 nitrogen and oxygen atoms in total. The number of hydrogen-bond acceptors (Lipinski definition) is 6. The van der Waals surface area contributed by atoms with Crippen molar-refractivity contribution in [3.05, 3.63) is 42.4 Å². The van der Waals surface area contributed by atoms with Gasteiger partial charge in [0.15, 0.2) is 0 Å². The first kappa shape index (κ1) is 20.5. The van der Waals surface area contributed by atoms with Crippen molar-refractivity contribution in [3.8, 4) is 0 Å². The van der Waals surface area contributed by atoms with Crippen LogP contribution in [0.5, 0.6) is 0 Å². The third-order valence-corrected chi connectivity index (χ3v) is 6.28. The number of benzene rings is 1. The fraction of sp³-hybridized carbons (Fsp3) is 0.478. The molecule has 1 aromatic carbocycles. The normalized spacial score (nSPS) is 23.1. The van der Waals surface area contributed by atoms with E-state index in [0.717, 1.165) is 68.3 Å². The van der Waals surface area contributed by atoms with E-state index in [1.807, 2.05) is 29.2 Å². The van der Waals surface area contributed by atoms with E-state index in [0.29, 0.717) is 17.5 Å². The molecule has 2 fully saturated rings. The number of fused-ring (bicyclic) bond motifs is 1. The first-order valence-electron chi connectivity index (χ1n) is 10.8. The standard InChI is InChI=1S/C23H30N6O/c24-8-5-16-11-17(12-16)23(30)29-9-6-19(7-10-29)26-14-18(13-25)22-15-27-20-3-1-2-4-21(20)28-22/h1-4,13-17,19H,5-12,24-25H2. The van der Waals surface area contributed by atoms with E-state index in [4.69, 9.17) is 16.5 Å². The van der Waals surface area contributed by atoms with Crippen LogP contribution in [0.25, 0.3) is 16.6 Å². The second-order valence-corrected chi connectivity index (χ2v) is 8.31. The van der Waals surface area contributed by atoms with E-state index in [1.54, 1.807) is 12.4 Å². The molecule has 2 aromatic rings. The Balaban J connectivity index is 1.31. The number of allylic oxidation sites excluding steroid dienone is 1. The molecule has 30 heavy (non-hydrogen) atoms. The molecule has 7 heteroatoms. The number of carbonyl (C=O) groups is 1. The number of carbonyl (C=O) groups excluding carboxylic acids is 1. The van der Waals surface area contributed by atoms with E-state index in [-0.39, 0.29) is 12.0 Å². The van der Waals surface area contributed by atoms with Crippen LogP contribution in [0.4, 0.5) is 0 Å². The molecule has 1 saturated heterocycles. The average molecular weight is 407 g/mol. The number of para-hydroxylation sites is 2. The molecular formula is C23H30N6O. The van der Waals surface area contributed by atoms with Crippen LogP contribution in [0, 0.1) is 11.8 Å². The van der Waals surface area contributed by atoms with Gasteiger partial charge in [-0.1, -0.05) is 12.1 Å². The van der Waals surface area contributed by atoms with E-state index in [2.05, 4.69) is 9.97 Å². The predicted octanol–water partition coefficient (Wildman–Crippen LogP) is 2.37. The highest BCUT2D eigenvalue weighted by Crippen LogP contribution is 2.37. The molecule has 0 bridgehead atoms. The lowest BCUT2D eigenvalue weighted by Gasteiger charge is -2.39. The molecule has 0 unspecified atom stereocenters. The summed E-state index contributed by atoms with van der Waals surface area (Å²) in [5, 5.41) is 0. The highest BCUT2D eigenvalue weighted by molar-refractivity contribution is 6.09. The molecule has 4 rings (SSSR count). The number of likely N-dealkylation sites (tertiary alicyclic amines) is 1. The first-order valence-corrected chi connectivity index (χ1v) is 10.8. The Kier molecular flexibility index (Phi) is 6.38. The number of aliphatic imine (C=N–C) groups is 1. The number of amides is 1. The van der Waals surface area contributed by atoms with E-state index >= 15 is 0 Å². The zero-order valence-corrected chi connectivity index (χ0v) is 17.3. The lowest BCUT2D eigenvalue weighted by atomic mass is 9.72. The van der Waals surface area contributed by atoms with Gasteiger partial charge in [0.2, 0.25) is 5.91 Å². The first-order chi connectivity index (χ1) is 14.7. The van der Waals surface area contributed by atoms with E-state index in [9.17, 15) is 4.79 Å². The summed E-state index contributed by atoms with van der Waals surface area (Å²) in [5.41, 5.74) is 14.6. The maximum Gasteiger partial charge on any atom is 0.225 e. The van der Waals surface area contributed by atoms with Gasteiger partial charge in [-0.25, -0.2) is 4.98 Å². The van der Waals surface area contributed by atoms with Crippen LogP contribution < -0.4 is 11.5 Å². The molecule has 1 aromatic heterocycles. The SMILES string of the molecule is NC=C(C=NC1CCN(C(=O)C2CC(CCN)C2)CC1)c1cnc2ccccc2n1. The van der Waals surface area contributed by atoms with Crippen molar-refractivity contribution in [2.45, 2.75) is 38.1 Å². The molecule has 2 aliphatic rings. The minimum Gasteiger partial charge on any atom is -0.404 e. The summed E-state index contributed by atoms with van der Waals surface area (Å²) in [5.74, 6) is 1.17. The summed E-state index contributed by atoms with van der Waals surface area (Å²) < 4.78 is 0. The quantitative estimate of drug-likeness (QED) is 0.716. The molecule has 2 heterocycles. The molecule has 4 N–H and O–H groups in total. The molecule has 0 spiro atoms. The minimum absolute atomic E-state index is 0.198. The second-order valence-electron chi connectivity index (χ2n) is 8.31. The Morgan fingerprint density at radius 3 is 2.63 bits per heavy atom. The largest absolute Gasteiger partial charge is 0.404 e. The third-order valence-electron chi connectivity index (χ3n) is 6.28. The fourth-order valence-corrected chi connectivity index (χ4v) is 4.38. The van der Waals surface area contributed by atoms with Crippen LogP contribution in [0.3, 0.4) is 0 Å². The molecular weight excluding hydrogens is 376 g/mol. The Morgan fingerprint density at radius 2 is 1.93 bits per heavy atom. The van der Waals surface area contributed by atoms with Crippen LogP contribution in [0.15, 0.2) is 41.7 Å². The number of rotatable bonds is 6. The van der Waals surface area contributed by atoms with Gasteiger partial charge in [0.1, 0.15) is 0 Å². The monoisotopic (exact) mass is 406 g/mol. The number of aromatic nitrogens is 2. The molecule has 0 radical (unpaired) electrons. The minimum atomic E-state index is 0.198. The highest BCUT2D eigenvalue weighted by Gasteiger charge is 2.37. The van der Waals surface area contributed by atoms with E-state index < -0.39 is 0 Å². The number of piperidine rings is 1. The van der Waals surface area contributed by atoms with Crippen LogP contribution in [-0.4, -0.2) is 52.7 Å². The van der Waals surface area contributed by atoms with Crippen LogP contribution >= 0.6 is 0 Å². The summed E-state index contributed by atoms with van der Waals surface area (Å²) in [6.07, 6.45) is 9.85. The zero-order chi connectivity index (χ0) is 20.9. The summed E-state index contributed by atoms with van der Waals surface area (Å²) in [4.78, 5) is 28.5. The number of nitrogens with zero attached hydrogens (tertiary/aromatic N) is 4. The van der Waals surface area contributed by atoms with Crippen LogP contribution in [0.2, 0.25) is 0 Å². The summed E-state index contributed by atoms with van der Waals surface area (Å²) in [6, 6.07) is 7.95. The molecule has 1 aliphatic heterocycles. The van der Waals surface area contributed by atoms with Crippen molar-refractivity contribution in [2.75, 3.05) is 19.6 Å². The molecule has 1 aliphatic carbocycles. The van der Waals surface area contributed by atoms with Gasteiger partial charge in [0.25, 0.3) is 0 Å². The van der Waals surface area contributed by atoms with Crippen LogP contribution in [-0.2, 0) is 4.79 Å². The van der Waals surface area contributed by atoms with Crippen molar-refractivity contribution >= 4 is 28.7 Å². The van der Waals surface area contributed by atoms with Gasteiger partial charge in [-0.2, -0.15) is 0 Å². The van der Waals surface area contributed by atoms with Gasteiger partial charge in [-0.15, -0.1) is 0 Å². The lowest BCUT2D eigenvalue weighted by Crippen LogP contribution is -2.46. The molecule has 158 valence electrons. The van der Waals surface area contributed by atoms with Gasteiger partial charge in [0, 0.05) is 37.0 Å². The summed E-state index contributed by atoms with van der Waals surface area (Å²) in [7, 11) is 0. The topological polar surface area (TPSA) is 110 Å². The number of hydrogen-bond donors (Lipinski definition) is 2. The van der Waals surface area contributed by atoms with Gasteiger partial charge in [-0.05, 0) is 56.7 Å². The van der Waals surface area contributed by atoms with Crippen molar-refractivity contribution in [2.24, 2.45) is 28.3 Å². The Hall–Kier alpha value is -2.80. The maximum atomic E-state index is 12.7. The Labute approximate surface area is 177 Å². The smallest absolute Gasteiger partial charge is 0.225 e. The summed E-state index contributed by atoms with van der Waals surface area (Å²) >= 11 is 0. The maximum absolute atomic E-state index is 12.7. The number of nitrogens with two attached hydrogens (primary N) is 2.